The molecule has 60 heavy (non-hydrogen) atoms. The SMILES string of the molecule is CC(=O)NC[C@H](NC(=O)C(C)(C)NC(=O)[C@H]1CCCN1C(=O)[C@@H](NC(=O)OCC1c2ccccc2-c2ccccc21)[C@H](C)OP(=O)(O)OCc1ccccc1)C(=O)N(C)C. The van der Waals surface area contributed by atoms with Crippen LogP contribution >= 0.6 is 7.82 Å². The van der Waals surface area contributed by atoms with Crippen molar-refractivity contribution >= 4 is 43.5 Å². The highest BCUT2D eigenvalue weighted by Crippen LogP contribution is 2.46. The first-order chi connectivity index (χ1) is 28.4. The van der Waals surface area contributed by atoms with Crippen molar-refractivity contribution in [3.63, 3.8) is 0 Å². The predicted octanol–water partition coefficient (Wildman–Crippen LogP) is 3.21. The summed E-state index contributed by atoms with van der Waals surface area (Å²) in [6, 6.07) is 20.2. The van der Waals surface area contributed by atoms with Gasteiger partial charge in [0.25, 0.3) is 0 Å². The minimum Gasteiger partial charge on any atom is -0.449 e. The summed E-state index contributed by atoms with van der Waals surface area (Å²) < 4.78 is 29.6. The van der Waals surface area contributed by atoms with Crippen molar-refractivity contribution in [1.82, 2.24) is 31.1 Å². The molecule has 17 nitrogen and oxygen atoms in total. The number of alkyl carbamates (subject to hydrolysis) is 1. The zero-order valence-corrected chi connectivity index (χ0v) is 35.4. The Hall–Kier alpha value is -5.61. The predicted molar refractivity (Wildman–Crippen MR) is 220 cm³/mol. The third-order valence-electron chi connectivity index (χ3n) is 10.3. The van der Waals surface area contributed by atoms with Crippen molar-refractivity contribution in [2.24, 2.45) is 0 Å². The molecule has 3 aromatic carbocycles. The second-order valence-electron chi connectivity index (χ2n) is 15.5. The van der Waals surface area contributed by atoms with Gasteiger partial charge in [0, 0.05) is 40.0 Å². The number of benzene rings is 3. The van der Waals surface area contributed by atoms with E-state index in [0.29, 0.717) is 12.0 Å². The fraction of sp³-hybridized carbons (Fsp3) is 0.429. The number of amides is 6. The molecule has 1 aliphatic carbocycles. The van der Waals surface area contributed by atoms with Crippen molar-refractivity contribution in [1.29, 1.82) is 0 Å². The van der Waals surface area contributed by atoms with E-state index in [1.54, 1.807) is 30.3 Å². The molecule has 0 bridgehead atoms. The van der Waals surface area contributed by atoms with E-state index in [2.05, 4.69) is 21.3 Å². The molecular weight excluding hydrogens is 795 g/mol. The molecule has 1 unspecified atom stereocenters. The lowest BCUT2D eigenvalue weighted by atomic mass is 9.98. The Labute approximate surface area is 349 Å². The Morgan fingerprint density at radius 2 is 1.52 bits per heavy atom. The normalized spacial score (nSPS) is 17.2. The molecular formula is C42H53N6O11P. The van der Waals surface area contributed by atoms with Crippen molar-refractivity contribution in [3.05, 3.63) is 95.6 Å². The average molecular weight is 849 g/mol. The van der Waals surface area contributed by atoms with E-state index in [1.807, 2.05) is 48.5 Å². The van der Waals surface area contributed by atoms with Crippen LogP contribution in [0.4, 0.5) is 4.79 Å². The van der Waals surface area contributed by atoms with Gasteiger partial charge in [-0.05, 0) is 61.4 Å². The van der Waals surface area contributed by atoms with E-state index < -0.39 is 73.2 Å². The maximum Gasteiger partial charge on any atom is 0.472 e. The number of likely N-dealkylation sites (N-methyl/N-ethyl adjacent to an activating group) is 1. The average Bonchev–Trinajstić information content (AvgIpc) is 3.83. The molecule has 1 fully saturated rings. The molecule has 5 atom stereocenters. The van der Waals surface area contributed by atoms with E-state index in [-0.39, 0.29) is 38.6 Å². The first-order valence-electron chi connectivity index (χ1n) is 19.6. The van der Waals surface area contributed by atoms with E-state index in [0.717, 1.165) is 22.3 Å². The van der Waals surface area contributed by atoms with Crippen LogP contribution in [-0.2, 0) is 48.9 Å². The van der Waals surface area contributed by atoms with Gasteiger partial charge in [-0.25, -0.2) is 9.36 Å². The molecule has 2 aliphatic rings. The quantitative estimate of drug-likeness (QED) is 0.124. The van der Waals surface area contributed by atoms with Crippen molar-refractivity contribution in [2.75, 3.05) is 33.8 Å². The number of hydrogen-bond acceptors (Lipinski definition) is 10. The van der Waals surface area contributed by atoms with E-state index in [1.165, 1.54) is 51.6 Å². The number of fused-ring (bicyclic) bond motifs is 3. The molecule has 0 saturated carbocycles. The summed E-state index contributed by atoms with van der Waals surface area (Å²) in [7, 11) is -1.85. The Morgan fingerprint density at radius 3 is 2.12 bits per heavy atom. The molecule has 0 radical (unpaired) electrons. The van der Waals surface area contributed by atoms with Gasteiger partial charge in [-0.3, -0.25) is 33.0 Å². The Bertz CT molecular complexity index is 2070. The summed E-state index contributed by atoms with van der Waals surface area (Å²) in [4.78, 5) is 92.9. The van der Waals surface area contributed by atoms with Crippen LogP contribution in [-0.4, -0.2) is 114 Å². The number of nitrogens with one attached hydrogen (secondary N) is 4. The molecule has 0 spiro atoms. The van der Waals surface area contributed by atoms with Crippen molar-refractivity contribution in [2.45, 2.75) is 82.8 Å². The molecule has 6 amide bonds. The van der Waals surface area contributed by atoms with Crippen LogP contribution in [0.25, 0.3) is 11.1 Å². The fourth-order valence-corrected chi connectivity index (χ4v) is 8.12. The number of carbonyl (C=O) groups is 6. The van der Waals surface area contributed by atoms with Crippen LogP contribution < -0.4 is 21.3 Å². The molecule has 0 aromatic heterocycles. The highest BCUT2D eigenvalue weighted by atomic mass is 31.2. The number of phosphoric acid groups is 1. The lowest BCUT2D eigenvalue weighted by Gasteiger charge is -2.34. The third kappa shape index (κ3) is 11.4. The molecule has 5 rings (SSSR count). The van der Waals surface area contributed by atoms with Crippen molar-refractivity contribution in [3.8, 4) is 11.1 Å². The highest BCUT2D eigenvalue weighted by Gasteiger charge is 2.44. The van der Waals surface area contributed by atoms with Gasteiger partial charge >= 0.3 is 13.9 Å². The van der Waals surface area contributed by atoms with Crippen LogP contribution in [0.1, 0.15) is 63.1 Å². The van der Waals surface area contributed by atoms with Gasteiger partial charge in [0.15, 0.2) is 0 Å². The molecule has 5 N–H and O–H groups in total. The number of nitrogens with zero attached hydrogens (tertiary/aromatic N) is 2. The van der Waals surface area contributed by atoms with Gasteiger partial charge in [-0.15, -0.1) is 0 Å². The topological polar surface area (TPSA) is 222 Å². The summed E-state index contributed by atoms with van der Waals surface area (Å²) >= 11 is 0. The molecule has 3 aromatic rings. The van der Waals surface area contributed by atoms with Gasteiger partial charge in [-0.1, -0.05) is 78.9 Å². The number of ether oxygens (including phenoxy) is 1. The van der Waals surface area contributed by atoms with Crippen LogP contribution in [0, 0.1) is 0 Å². The Balaban J connectivity index is 1.32. The van der Waals surface area contributed by atoms with Crippen LogP contribution in [0.5, 0.6) is 0 Å². The van der Waals surface area contributed by atoms with Crippen LogP contribution in [0.3, 0.4) is 0 Å². The molecule has 322 valence electrons. The minimum absolute atomic E-state index is 0.0660. The fourth-order valence-electron chi connectivity index (χ4n) is 7.20. The Morgan fingerprint density at radius 1 is 0.917 bits per heavy atom. The highest BCUT2D eigenvalue weighted by molar-refractivity contribution is 7.47. The zero-order chi connectivity index (χ0) is 43.8. The molecule has 1 heterocycles. The lowest BCUT2D eigenvalue weighted by molar-refractivity contribution is -0.143. The van der Waals surface area contributed by atoms with Gasteiger partial charge in [0.1, 0.15) is 30.3 Å². The van der Waals surface area contributed by atoms with Crippen LogP contribution in [0.2, 0.25) is 0 Å². The summed E-state index contributed by atoms with van der Waals surface area (Å²) in [5.74, 6) is -3.45. The first kappa shape index (κ1) is 45.5. The summed E-state index contributed by atoms with van der Waals surface area (Å²) in [5, 5.41) is 10.3. The van der Waals surface area contributed by atoms with Gasteiger partial charge in [0.2, 0.25) is 29.5 Å². The van der Waals surface area contributed by atoms with Gasteiger partial charge in [-0.2, -0.15) is 0 Å². The smallest absolute Gasteiger partial charge is 0.449 e. The standard InChI is InChI=1S/C42H53N6O11P/c1-26(59-60(55,56)58-24-28-15-8-7-9-16-28)36(45-41(54)57-25-33-31-19-12-10-17-29(31)30-18-11-13-20-32(30)33)39(52)48-22-14-21-35(48)37(50)46-42(3,4)40(53)44-34(23-43-27(2)49)38(51)47(5)6/h7-13,15-20,26,33-36H,14,21-25H2,1-6H3,(H,43,49)(H,44,53)(H,45,54)(H,46,50)(H,55,56)/t26-,34-,35+,36-/m0/s1. The molecule has 18 heteroatoms. The zero-order valence-electron chi connectivity index (χ0n) is 34.5. The second-order valence-corrected chi connectivity index (χ2v) is 16.9. The summed E-state index contributed by atoms with van der Waals surface area (Å²) in [6.45, 7) is 4.92. The number of rotatable bonds is 17. The monoisotopic (exact) mass is 848 g/mol. The number of carbonyl (C=O) groups excluding carboxylic acids is 6. The van der Waals surface area contributed by atoms with E-state index in [9.17, 15) is 38.2 Å². The van der Waals surface area contributed by atoms with E-state index >= 15 is 0 Å². The summed E-state index contributed by atoms with van der Waals surface area (Å²) in [6.07, 6.45) is -1.93. The molecule has 1 saturated heterocycles. The Kier molecular flexibility index (Phi) is 14.9. The molecule has 1 aliphatic heterocycles. The van der Waals surface area contributed by atoms with Crippen molar-refractivity contribution < 1.29 is 52.0 Å². The minimum atomic E-state index is -4.83. The maximum absolute atomic E-state index is 14.4. The summed E-state index contributed by atoms with van der Waals surface area (Å²) in [5.41, 5.74) is 2.92. The van der Waals surface area contributed by atoms with Crippen LogP contribution in [0.15, 0.2) is 78.9 Å². The second kappa shape index (κ2) is 19.6. The largest absolute Gasteiger partial charge is 0.472 e. The number of likely N-dealkylation sites (tertiary alicyclic amines) is 1. The lowest BCUT2D eigenvalue weighted by Crippen LogP contribution is -2.63. The maximum atomic E-state index is 14.4. The first-order valence-corrected chi connectivity index (χ1v) is 21.1. The van der Waals surface area contributed by atoms with Gasteiger partial charge in [0.05, 0.1) is 12.7 Å². The third-order valence-corrected chi connectivity index (χ3v) is 11.4. The van der Waals surface area contributed by atoms with Gasteiger partial charge < -0.3 is 40.7 Å². The number of hydrogen-bond donors (Lipinski definition) is 5. The number of phosphoric ester groups is 1. The van der Waals surface area contributed by atoms with E-state index in [4.69, 9.17) is 13.8 Å².